The van der Waals surface area contributed by atoms with Gasteiger partial charge in [-0.05, 0) is 68.3 Å². The molecule has 132 valence electrons. The Bertz CT molecular complexity index is 589. The molecule has 1 unspecified atom stereocenters. The van der Waals surface area contributed by atoms with Gasteiger partial charge in [-0.25, -0.2) is 0 Å². The van der Waals surface area contributed by atoms with Crippen molar-refractivity contribution >= 4 is 29.1 Å². The van der Waals surface area contributed by atoms with Gasteiger partial charge in [-0.2, -0.15) is 0 Å². The Morgan fingerprint density at radius 3 is 2.33 bits per heavy atom. The molecule has 1 saturated carbocycles. The average Bonchev–Trinajstić information content (AvgIpc) is 2.50. The van der Waals surface area contributed by atoms with Gasteiger partial charge in [0.1, 0.15) is 0 Å². The number of amides is 1. The van der Waals surface area contributed by atoms with Crippen molar-refractivity contribution in [2.24, 2.45) is 11.3 Å². The van der Waals surface area contributed by atoms with E-state index in [1.54, 1.807) is 18.2 Å². The van der Waals surface area contributed by atoms with Gasteiger partial charge >= 0.3 is 0 Å². The van der Waals surface area contributed by atoms with Crippen LogP contribution in [-0.4, -0.2) is 36.5 Å². The summed E-state index contributed by atoms with van der Waals surface area (Å²) in [5, 5.41) is 4.22. The number of halogens is 2. The molecular weight excluding hydrogens is 343 g/mol. The van der Waals surface area contributed by atoms with Crippen LogP contribution in [0.4, 0.5) is 0 Å². The average molecular weight is 369 g/mol. The van der Waals surface area contributed by atoms with Gasteiger partial charge in [0.05, 0.1) is 0 Å². The second-order valence-electron chi connectivity index (χ2n) is 7.78. The number of likely N-dealkylation sites (tertiary alicyclic amines) is 1. The Labute approximate surface area is 154 Å². The third-order valence-electron chi connectivity index (χ3n) is 5.58. The summed E-state index contributed by atoms with van der Waals surface area (Å²) in [6.45, 7) is 8.01. The maximum absolute atomic E-state index is 12.5. The first-order valence-electron chi connectivity index (χ1n) is 8.87. The van der Waals surface area contributed by atoms with E-state index >= 15 is 0 Å². The summed E-state index contributed by atoms with van der Waals surface area (Å²) in [5.41, 5.74) is 0.845. The third-order valence-corrected chi connectivity index (χ3v) is 6.01. The molecule has 2 fully saturated rings. The highest BCUT2D eigenvalue weighted by molar-refractivity contribution is 6.35. The number of carbonyl (C=O) groups is 1. The van der Waals surface area contributed by atoms with E-state index in [1.165, 1.54) is 25.8 Å². The molecule has 0 aromatic heterocycles. The standard InChI is InChI=1S/C19H26Cl2N2O/c1-13(2)12-23-7-5-19(6-8-23)4-3-17(19)22-18(24)14-9-15(20)11-16(21)10-14/h9-11,13,17H,3-8,12H2,1-2H3,(H,22,24). The molecule has 1 amide bonds. The maximum Gasteiger partial charge on any atom is 0.251 e. The lowest BCUT2D eigenvalue weighted by Crippen LogP contribution is -2.59. The monoisotopic (exact) mass is 368 g/mol. The lowest BCUT2D eigenvalue weighted by atomic mass is 9.59. The quantitative estimate of drug-likeness (QED) is 0.840. The summed E-state index contributed by atoms with van der Waals surface area (Å²) in [6, 6.07) is 5.29. The van der Waals surface area contributed by atoms with E-state index in [0.717, 1.165) is 19.5 Å². The first-order valence-corrected chi connectivity index (χ1v) is 9.63. The Hall–Kier alpha value is -0.770. The minimum atomic E-state index is -0.0620. The minimum absolute atomic E-state index is 0.0620. The molecule has 1 aliphatic heterocycles. The zero-order valence-electron chi connectivity index (χ0n) is 14.4. The van der Waals surface area contributed by atoms with Crippen molar-refractivity contribution in [2.75, 3.05) is 19.6 Å². The summed E-state index contributed by atoms with van der Waals surface area (Å²) in [7, 11) is 0. The van der Waals surface area contributed by atoms with Crippen molar-refractivity contribution in [3.8, 4) is 0 Å². The first-order chi connectivity index (χ1) is 11.4. The molecule has 5 heteroatoms. The Kier molecular flexibility index (Phi) is 5.43. The maximum atomic E-state index is 12.5. The van der Waals surface area contributed by atoms with Crippen LogP contribution in [0.3, 0.4) is 0 Å². The van der Waals surface area contributed by atoms with Gasteiger partial charge in [-0.3, -0.25) is 4.79 Å². The SMILES string of the molecule is CC(C)CN1CCC2(CCC2NC(=O)c2cc(Cl)cc(Cl)c2)CC1. The van der Waals surface area contributed by atoms with Crippen molar-refractivity contribution in [3.05, 3.63) is 33.8 Å². The van der Waals surface area contributed by atoms with E-state index in [-0.39, 0.29) is 11.9 Å². The highest BCUT2D eigenvalue weighted by Crippen LogP contribution is 2.49. The number of hydrogen-bond acceptors (Lipinski definition) is 2. The lowest BCUT2D eigenvalue weighted by Gasteiger charge is -2.54. The van der Waals surface area contributed by atoms with Gasteiger partial charge in [0.15, 0.2) is 0 Å². The van der Waals surface area contributed by atoms with Crippen LogP contribution in [0.1, 0.15) is 49.9 Å². The van der Waals surface area contributed by atoms with Crippen LogP contribution in [0.25, 0.3) is 0 Å². The van der Waals surface area contributed by atoms with Gasteiger partial charge in [-0.15, -0.1) is 0 Å². The van der Waals surface area contributed by atoms with Crippen LogP contribution in [-0.2, 0) is 0 Å². The molecule has 3 nitrogen and oxygen atoms in total. The normalized spacial score (nSPS) is 23.3. The fourth-order valence-corrected chi connectivity index (χ4v) is 4.67. The summed E-state index contributed by atoms with van der Waals surface area (Å²) < 4.78 is 0. The molecule has 0 bridgehead atoms. The highest BCUT2D eigenvalue weighted by Gasteiger charge is 2.48. The third kappa shape index (κ3) is 3.89. The van der Waals surface area contributed by atoms with Crippen LogP contribution in [0, 0.1) is 11.3 Å². The molecule has 24 heavy (non-hydrogen) atoms. The molecule has 1 heterocycles. The lowest BCUT2D eigenvalue weighted by molar-refractivity contribution is -0.00749. The van der Waals surface area contributed by atoms with Crippen molar-refractivity contribution in [1.29, 1.82) is 0 Å². The zero-order valence-corrected chi connectivity index (χ0v) is 16.0. The second-order valence-corrected chi connectivity index (χ2v) is 8.65. The number of piperidine rings is 1. The summed E-state index contributed by atoms with van der Waals surface area (Å²) in [4.78, 5) is 15.1. The smallest absolute Gasteiger partial charge is 0.251 e. The zero-order chi connectivity index (χ0) is 17.3. The predicted molar refractivity (Wildman–Crippen MR) is 99.9 cm³/mol. The molecule has 1 aromatic carbocycles. The van der Waals surface area contributed by atoms with Crippen LogP contribution in [0.5, 0.6) is 0 Å². The first kappa shape index (κ1) is 18.0. The number of nitrogens with zero attached hydrogens (tertiary/aromatic N) is 1. The van der Waals surface area contributed by atoms with E-state index in [0.29, 0.717) is 26.9 Å². The molecule has 3 rings (SSSR count). The van der Waals surface area contributed by atoms with Crippen molar-refractivity contribution in [1.82, 2.24) is 10.2 Å². The molecule has 1 aliphatic carbocycles. The largest absolute Gasteiger partial charge is 0.349 e. The molecule has 0 radical (unpaired) electrons. The second kappa shape index (κ2) is 7.23. The van der Waals surface area contributed by atoms with E-state index in [1.807, 2.05) is 0 Å². The Morgan fingerprint density at radius 2 is 1.83 bits per heavy atom. The fraction of sp³-hybridized carbons (Fsp3) is 0.632. The topological polar surface area (TPSA) is 32.3 Å². The van der Waals surface area contributed by atoms with E-state index in [9.17, 15) is 4.79 Å². The molecule has 1 N–H and O–H groups in total. The number of hydrogen-bond donors (Lipinski definition) is 1. The number of benzene rings is 1. The van der Waals surface area contributed by atoms with Crippen LogP contribution >= 0.6 is 23.2 Å². The van der Waals surface area contributed by atoms with E-state index < -0.39 is 0 Å². The van der Waals surface area contributed by atoms with Gasteiger partial charge in [-0.1, -0.05) is 37.0 Å². The highest BCUT2D eigenvalue weighted by atomic mass is 35.5. The molecule has 1 spiro atoms. The van der Waals surface area contributed by atoms with Crippen molar-refractivity contribution in [3.63, 3.8) is 0 Å². The Balaban J connectivity index is 1.59. The Morgan fingerprint density at radius 1 is 1.21 bits per heavy atom. The van der Waals surface area contributed by atoms with Crippen LogP contribution in [0.2, 0.25) is 10.0 Å². The van der Waals surface area contributed by atoms with E-state index in [2.05, 4.69) is 24.1 Å². The fourth-order valence-electron chi connectivity index (χ4n) is 4.14. The van der Waals surface area contributed by atoms with Crippen LogP contribution < -0.4 is 5.32 Å². The van der Waals surface area contributed by atoms with Gasteiger partial charge < -0.3 is 10.2 Å². The number of rotatable bonds is 4. The molecule has 1 aromatic rings. The number of carbonyl (C=O) groups excluding carboxylic acids is 1. The molecule has 1 saturated heterocycles. The number of nitrogens with one attached hydrogen (secondary N) is 1. The summed E-state index contributed by atoms with van der Waals surface area (Å²) >= 11 is 12.0. The van der Waals surface area contributed by atoms with Crippen LogP contribution in [0.15, 0.2) is 18.2 Å². The molecule has 2 aliphatic rings. The molecular formula is C19H26Cl2N2O. The molecule has 1 atom stereocenters. The minimum Gasteiger partial charge on any atom is -0.349 e. The van der Waals surface area contributed by atoms with Gasteiger partial charge in [0, 0.05) is 28.2 Å². The van der Waals surface area contributed by atoms with Crippen molar-refractivity contribution in [2.45, 2.75) is 45.6 Å². The van der Waals surface area contributed by atoms with Crippen molar-refractivity contribution < 1.29 is 4.79 Å². The van der Waals surface area contributed by atoms with E-state index in [4.69, 9.17) is 23.2 Å². The van der Waals surface area contributed by atoms with Gasteiger partial charge in [0.2, 0.25) is 0 Å². The summed E-state index contributed by atoms with van der Waals surface area (Å²) in [5.74, 6) is 0.650. The van der Waals surface area contributed by atoms with Gasteiger partial charge in [0.25, 0.3) is 5.91 Å². The predicted octanol–water partition coefficient (Wildman–Crippen LogP) is 4.62. The summed E-state index contributed by atoms with van der Waals surface area (Å²) in [6.07, 6.45) is 4.66.